The van der Waals surface area contributed by atoms with E-state index >= 15 is 0 Å². The van der Waals surface area contributed by atoms with Gasteiger partial charge in [-0.15, -0.1) is 0 Å². The Labute approximate surface area is 101 Å². The normalized spacial score (nSPS) is 25.7. The standard InChI is InChI=1S/C13H19NO3/c15-11(13(5-6-13)12(16)17)14-7-10(8-1-2-8)9-3-4-9/h8-10H,1-7H2,(H,14,15)(H,16,17). The first-order valence-corrected chi connectivity index (χ1v) is 6.65. The monoisotopic (exact) mass is 237 g/mol. The van der Waals surface area contributed by atoms with Gasteiger partial charge in [0.2, 0.25) is 5.91 Å². The summed E-state index contributed by atoms with van der Waals surface area (Å²) < 4.78 is 0. The van der Waals surface area contributed by atoms with Crippen molar-refractivity contribution in [1.82, 2.24) is 5.32 Å². The molecule has 0 heterocycles. The van der Waals surface area contributed by atoms with Crippen LogP contribution in [0.15, 0.2) is 0 Å². The number of nitrogens with one attached hydrogen (secondary N) is 1. The molecule has 3 aliphatic carbocycles. The highest BCUT2D eigenvalue weighted by Crippen LogP contribution is 2.49. The second-order valence-electron chi connectivity index (χ2n) is 5.94. The maximum atomic E-state index is 11.9. The predicted molar refractivity (Wildman–Crippen MR) is 61.3 cm³/mol. The van der Waals surface area contributed by atoms with Crippen LogP contribution in [0.4, 0.5) is 0 Å². The van der Waals surface area contributed by atoms with E-state index in [0.29, 0.717) is 25.3 Å². The van der Waals surface area contributed by atoms with Crippen LogP contribution in [0.25, 0.3) is 0 Å². The van der Waals surface area contributed by atoms with Gasteiger partial charge in [0.1, 0.15) is 5.41 Å². The van der Waals surface area contributed by atoms with E-state index in [2.05, 4.69) is 5.32 Å². The summed E-state index contributed by atoms with van der Waals surface area (Å²) in [7, 11) is 0. The van der Waals surface area contributed by atoms with Crippen LogP contribution in [-0.4, -0.2) is 23.5 Å². The van der Waals surface area contributed by atoms with Crippen molar-refractivity contribution in [3.63, 3.8) is 0 Å². The number of amides is 1. The van der Waals surface area contributed by atoms with E-state index in [4.69, 9.17) is 5.11 Å². The van der Waals surface area contributed by atoms with Crippen LogP contribution in [0.5, 0.6) is 0 Å². The minimum Gasteiger partial charge on any atom is -0.480 e. The second-order valence-corrected chi connectivity index (χ2v) is 5.94. The Hall–Kier alpha value is -1.06. The van der Waals surface area contributed by atoms with Gasteiger partial charge in [-0.2, -0.15) is 0 Å². The smallest absolute Gasteiger partial charge is 0.319 e. The van der Waals surface area contributed by atoms with Gasteiger partial charge in [-0.1, -0.05) is 0 Å². The van der Waals surface area contributed by atoms with Gasteiger partial charge < -0.3 is 10.4 Å². The number of aliphatic carboxylic acids is 1. The Morgan fingerprint density at radius 3 is 2.06 bits per heavy atom. The molecule has 4 nitrogen and oxygen atoms in total. The quantitative estimate of drug-likeness (QED) is 0.686. The van der Waals surface area contributed by atoms with Crippen molar-refractivity contribution in [1.29, 1.82) is 0 Å². The summed E-state index contributed by atoms with van der Waals surface area (Å²) in [5, 5.41) is 11.9. The molecule has 0 aromatic rings. The van der Waals surface area contributed by atoms with Crippen LogP contribution in [0.1, 0.15) is 38.5 Å². The van der Waals surface area contributed by atoms with Crippen LogP contribution in [-0.2, 0) is 9.59 Å². The summed E-state index contributed by atoms with van der Waals surface area (Å²) in [5.74, 6) is 0.995. The Morgan fingerprint density at radius 2 is 1.71 bits per heavy atom. The average molecular weight is 237 g/mol. The fourth-order valence-corrected chi connectivity index (χ4v) is 2.81. The SMILES string of the molecule is O=C(O)C1(C(=O)NCC(C2CC2)C2CC2)CC1. The summed E-state index contributed by atoms with van der Waals surface area (Å²) in [5.41, 5.74) is -1.07. The van der Waals surface area contributed by atoms with E-state index in [9.17, 15) is 9.59 Å². The zero-order valence-electron chi connectivity index (χ0n) is 9.95. The zero-order valence-corrected chi connectivity index (χ0v) is 9.95. The van der Waals surface area contributed by atoms with Crippen molar-refractivity contribution in [3.8, 4) is 0 Å². The molecule has 0 aliphatic heterocycles. The molecule has 0 aromatic carbocycles. The first-order chi connectivity index (χ1) is 8.13. The van der Waals surface area contributed by atoms with Gasteiger partial charge in [-0.05, 0) is 56.3 Å². The molecule has 1 amide bonds. The summed E-state index contributed by atoms with van der Waals surface area (Å²) in [6.45, 7) is 0.698. The lowest BCUT2D eigenvalue weighted by molar-refractivity contribution is -0.149. The largest absolute Gasteiger partial charge is 0.480 e. The van der Waals surface area contributed by atoms with Crippen LogP contribution in [0, 0.1) is 23.2 Å². The molecule has 94 valence electrons. The number of rotatable bonds is 6. The lowest BCUT2D eigenvalue weighted by Gasteiger charge is -2.18. The molecule has 3 aliphatic rings. The van der Waals surface area contributed by atoms with Gasteiger partial charge in [0.15, 0.2) is 0 Å². The molecular weight excluding hydrogens is 218 g/mol. The lowest BCUT2D eigenvalue weighted by atomic mass is 9.97. The van der Waals surface area contributed by atoms with Crippen molar-refractivity contribution in [3.05, 3.63) is 0 Å². The molecule has 0 aromatic heterocycles. The van der Waals surface area contributed by atoms with E-state index in [-0.39, 0.29) is 5.91 Å². The molecule has 3 rings (SSSR count). The maximum absolute atomic E-state index is 11.9. The number of carboxylic acid groups (broad SMARTS) is 1. The molecule has 2 N–H and O–H groups in total. The van der Waals surface area contributed by atoms with Gasteiger partial charge in [-0.25, -0.2) is 0 Å². The van der Waals surface area contributed by atoms with Gasteiger partial charge in [0, 0.05) is 6.54 Å². The van der Waals surface area contributed by atoms with Crippen molar-refractivity contribution < 1.29 is 14.7 Å². The minimum absolute atomic E-state index is 0.253. The first kappa shape index (κ1) is 11.1. The number of carbonyl (C=O) groups is 2. The van der Waals surface area contributed by atoms with Gasteiger partial charge in [0.25, 0.3) is 0 Å². The molecule has 4 heteroatoms. The lowest BCUT2D eigenvalue weighted by Crippen LogP contribution is -2.40. The van der Waals surface area contributed by atoms with Crippen molar-refractivity contribution in [2.45, 2.75) is 38.5 Å². The number of hydrogen-bond donors (Lipinski definition) is 2. The fraction of sp³-hybridized carbons (Fsp3) is 0.846. The van der Waals surface area contributed by atoms with E-state index in [1.165, 1.54) is 25.7 Å². The molecule has 3 saturated carbocycles. The van der Waals surface area contributed by atoms with Gasteiger partial charge in [-0.3, -0.25) is 9.59 Å². The first-order valence-electron chi connectivity index (χ1n) is 6.65. The molecular formula is C13H19NO3. The van der Waals surface area contributed by atoms with Crippen molar-refractivity contribution in [2.24, 2.45) is 23.2 Å². The van der Waals surface area contributed by atoms with Crippen LogP contribution in [0.2, 0.25) is 0 Å². The number of carbonyl (C=O) groups excluding carboxylic acids is 1. The molecule has 0 atom stereocenters. The highest BCUT2D eigenvalue weighted by molar-refractivity contribution is 6.04. The summed E-state index contributed by atoms with van der Waals surface area (Å²) in [4.78, 5) is 22.9. The molecule has 0 saturated heterocycles. The van der Waals surface area contributed by atoms with Crippen molar-refractivity contribution >= 4 is 11.9 Å². The van der Waals surface area contributed by atoms with E-state index < -0.39 is 11.4 Å². The Kier molecular flexibility index (Phi) is 2.42. The fourth-order valence-electron chi connectivity index (χ4n) is 2.81. The molecule has 0 bridgehead atoms. The van der Waals surface area contributed by atoms with Crippen LogP contribution in [0.3, 0.4) is 0 Å². The molecule has 3 fully saturated rings. The maximum Gasteiger partial charge on any atom is 0.319 e. The van der Waals surface area contributed by atoms with Gasteiger partial charge >= 0.3 is 5.97 Å². The topological polar surface area (TPSA) is 66.4 Å². The number of hydrogen-bond acceptors (Lipinski definition) is 2. The van der Waals surface area contributed by atoms with E-state index in [0.717, 1.165) is 11.8 Å². The minimum atomic E-state index is -1.07. The molecule has 0 unspecified atom stereocenters. The van der Waals surface area contributed by atoms with E-state index in [1.807, 2.05) is 0 Å². The third-order valence-corrected chi connectivity index (χ3v) is 4.55. The summed E-state index contributed by atoms with van der Waals surface area (Å²) >= 11 is 0. The Morgan fingerprint density at radius 1 is 1.18 bits per heavy atom. The van der Waals surface area contributed by atoms with Crippen molar-refractivity contribution in [2.75, 3.05) is 6.54 Å². The zero-order chi connectivity index (χ0) is 12.0. The Balaban J connectivity index is 1.53. The Bertz CT molecular complexity index is 342. The average Bonchev–Trinajstić information content (AvgIpc) is 3.14. The van der Waals surface area contributed by atoms with Gasteiger partial charge in [0.05, 0.1) is 0 Å². The molecule has 0 spiro atoms. The highest BCUT2D eigenvalue weighted by Gasteiger charge is 2.57. The predicted octanol–water partition coefficient (Wildman–Crippen LogP) is 1.40. The molecule has 17 heavy (non-hydrogen) atoms. The third-order valence-electron chi connectivity index (χ3n) is 4.55. The third kappa shape index (κ3) is 2.05. The summed E-state index contributed by atoms with van der Waals surface area (Å²) in [6.07, 6.45) is 6.18. The van der Waals surface area contributed by atoms with Crippen LogP contribution >= 0.6 is 0 Å². The highest BCUT2D eigenvalue weighted by atomic mass is 16.4. The second kappa shape index (κ2) is 3.72. The van der Waals surface area contributed by atoms with E-state index in [1.54, 1.807) is 0 Å². The number of carboxylic acids is 1. The van der Waals surface area contributed by atoms with Crippen LogP contribution < -0.4 is 5.32 Å². The summed E-state index contributed by atoms with van der Waals surface area (Å²) in [6, 6.07) is 0. The molecule has 0 radical (unpaired) electrons.